The molecule has 0 rings (SSSR count). The van der Waals surface area contributed by atoms with Gasteiger partial charge in [-0.15, -0.1) is 0 Å². The smallest absolute Gasteiger partial charge is 0.307 e. The van der Waals surface area contributed by atoms with Crippen molar-refractivity contribution in [2.75, 3.05) is 0 Å². The Morgan fingerprint density at radius 3 is 2.00 bits per heavy atom. The first kappa shape index (κ1) is 11.9. The van der Waals surface area contributed by atoms with Gasteiger partial charge in [0.25, 0.3) is 0 Å². The third kappa shape index (κ3) is 58.0. The Morgan fingerprint density at radius 2 is 2.00 bits per heavy atom. The first-order valence-corrected chi connectivity index (χ1v) is 2.97. The number of aliphatic hydroxyl groups is 1. The lowest BCUT2D eigenvalue weighted by atomic mass is 10.5. The molecule has 0 aliphatic carbocycles. The summed E-state index contributed by atoms with van der Waals surface area (Å²) in [6.07, 6.45) is 0.933. The topological polar surface area (TPSA) is 46.5 Å². The van der Waals surface area contributed by atoms with Crippen LogP contribution in [0, 0.1) is 0 Å². The maximum atomic E-state index is 9.75. The Bertz CT molecular complexity index is 94.3. The molecule has 1 N–H and O–H groups in total. The van der Waals surface area contributed by atoms with E-state index >= 15 is 0 Å². The number of hydrogen-bond donors (Lipinski definition) is 1. The molecule has 0 aromatic rings. The highest BCUT2D eigenvalue weighted by molar-refractivity contribution is 5.66. The second kappa shape index (κ2) is 8.17. The van der Waals surface area contributed by atoms with Gasteiger partial charge in [0.15, 0.2) is 0 Å². The van der Waals surface area contributed by atoms with Crippen molar-refractivity contribution in [3.63, 3.8) is 0 Å². The van der Waals surface area contributed by atoms with Gasteiger partial charge in [0.05, 0.1) is 6.26 Å². The SMILES string of the molecule is C=COC(C)=O.CC(C)O. The summed E-state index contributed by atoms with van der Waals surface area (Å²) in [6, 6.07) is 0. The molecule has 0 saturated carbocycles. The third-order valence-corrected chi connectivity index (χ3v) is 0.249. The average molecular weight is 146 g/mol. The van der Waals surface area contributed by atoms with Crippen molar-refractivity contribution < 1.29 is 14.6 Å². The van der Waals surface area contributed by atoms with Gasteiger partial charge in [-0.1, -0.05) is 6.58 Å². The van der Waals surface area contributed by atoms with Crippen molar-refractivity contribution in [3.8, 4) is 0 Å². The highest BCUT2D eigenvalue weighted by Gasteiger charge is 1.79. The van der Waals surface area contributed by atoms with E-state index in [1.54, 1.807) is 13.8 Å². The van der Waals surface area contributed by atoms with Crippen LogP contribution in [0.3, 0.4) is 0 Å². The van der Waals surface area contributed by atoms with Gasteiger partial charge in [0, 0.05) is 13.0 Å². The van der Waals surface area contributed by atoms with E-state index in [4.69, 9.17) is 5.11 Å². The van der Waals surface area contributed by atoms with Gasteiger partial charge in [-0.25, -0.2) is 0 Å². The van der Waals surface area contributed by atoms with Gasteiger partial charge < -0.3 is 9.84 Å². The number of hydrogen-bond acceptors (Lipinski definition) is 3. The van der Waals surface area contributed by atoms with Crippen molar-refractivity contribution in [3.05, 3.63) is 12.8 Å². The third-order valence-electron chi connectivity index (χ3n) is 0.249. The van der Waals surface area contributed by atoms with Gasteiger partial charge in [-0.2, -0.15) is 0 Å². The molecular weight excluding hydrogens is 132 g/mol. The van der Waals surface area contributed by atoms with Crippen LogP contribution in [0.25, 0.3) is 0 Å². The van der Waals surface area contributed by atoms with Crippen LogP contribution in [0.1, 0.15) is 20.8 Å². The van der Waals surface area contributed by atoms with Crippen LogP contribution < -0.4 is 0 Å². The van der Waals surface area contributed by atoms with Gasteiger partial charge in [0.2, 0.25) is 0 Å². The Morgan fingerprint density at radius 1 is 1.70 bits per heavy atom. The Labute approximate surface area is 61.3 Å². The molecule has 3 nitrogen and oxygen atoms in total. The molecule has 60 valence electrons. The number of carbonyl (C=O) groups is 1. The molecule has 0 bridgehead atoms. The fraction of sp³-hybridized carbons (Fsp3) is 0.571. The van der Waals surface area contributed by atoms with Crippen LogP contribution in [0.5, 0.6) is 0 Å². The van der Waals surface area contributed by atoms with E-state index in [2.05, 4.69) is 11.3 Å². The predicted octanol–water partition coefficient (Wildman–Crippen LogP) is 1.08. The molecule has 0 amide bonds. The maximum Gasteiger partial charge on any atom is 0.307 e. The molecule has 0 fully saturated rings. The van der Waals surface area contributed by atoms with Crippen LogP contribution in [0.2, 0.25) is 0 Å². The first-order chi connectivity index (χ1) is 4.50. The second-order valence-corrected chi connectivity index (χ2v) is 1.87. The summed E-state index contributed by atoms with van der Waals surface area (Å²) < 4.78 is 4.17. The van der Waals surface area contributed by atoms with Crippen molar-refractivity contribution in [1.29, 1.82) is 0 Å². The zero-order valence-electron chi connectivity index (χ0n) is 6.63. The molecule has 0 saturated heterocycles. The summed E-state index contributed by atoms with van der Waals surface area (Å²) in [5.41, 5.74) is 0. The van der Waals surface area contributed by atoms with Crippen molar-refractivity contribution in [1.82, 2.24) is 0 Å². The number of carbonyl (C=O) groups excluding carboxylic acids is 1. The Hall–Kier alpha value is -0.830. The molecular formula is C7H14O3. The molecule has 0 heterocycles. The molecule has 0 spiro atoms. The highest BCUT2D eigenvalue weighted by Crippen LogP contribution is 1.70. The number of rotatable bonds is 1. The van der Waals surface area contributed by atoms with Gasteiger partial charge in [-0.3, -0.25) is 4.79 Å². The van der Waals surface area contributed by atoms with Crippen LogP contribution in [0.15, 0.2) is 12.8 Å². The second-order valence-electron chi connectivity index (χ2n) is 1.87. The highest BCUT2D eigenvalue weighted by atomic mass is 16.5. The predicted molar refractivity (Wildman–Crippen MR) is 39.3 cm³/mol. The van der Waals surface area contributed by atoms with Crippen molar-refractivity contribution in [2.45, 2.75) is 26.9 Å². The normalized spacial score (nSPS) is 7.70. The summed E-state index contributed by atoms with van der Waals surface area (Å²) in [6.45, 7) is 7.92. The minimum Gasteiger partial charge on any atom is -0.435 e. The van der Waals surface area contributed by atoms with Gasteiger partial charge in [0.1, 0.15) is 0 Å². The molecule has 10 heavy (non-hydrogen) atoms. The van der Waals surface area contributed by atoms with Crippen LogP contribution in [-0.2, 0) is 9.53 Å². The molecule has 3 heteroatoms. The summed E-state index contributed by atoms with van der Waals surface area (Å²) in [5.74, 6) is -0.329. The molecule has 0 aliphatic heterocycles. The fourth-order valence-electron chi connectivity index (χ4n) is 0.117. The monoisotopic (exact) mass is 146 g/mol. The Kier molecular flexibility index (Phi) is 9.73. The van der Waals surface area contributed by atoms with E-state index < -0.39 is 0 Å². The Balaban J connectivity index is 0. The molecule has 0 unspecified atom stereocenters. The van der Waals surface area contributed by atoms with Gasteiger partial charge >= 0.3 is 5.97 Å². The molecule has 0 aliphatic rings. The van der Waals surface area contributed by atoms with Crippen molar-refractivity contribution in [2.24, 2.45) is 0 Å². The lowest BCUT2D eigenvalue weighted by molar-refractivity contribution is -0.135. The lowest BCUT2D eigenvalue weighted by Gasteiger charge is -1.83. The lowest BCUT2D eigenvalue weighted by Crippen LogP contribution is -1.87. The van der Waals surface area contributed by atoms with Gasteiger partial charge in [-0.05, 0) is 13.8 Å². The number of ether oxygens (including phenoxy) is 1. The summed E-state index contributed by atoms with van der Waals surface area (Å²) in [4.78, 5) is 9.75. The van der Waals surface area contributed by atoms with E-state index in [0.717, 1.165) is 6.26 Å². The summed E-state index contributed by atoms with van der Waals surface area (Å²) >= 11 is 0. The van der Waals surface area contributed by atoms with E-state index in [0.29, 0.717) is 0 Å². The van der Waals surface area contributed by atoms with E-state index in [9.17, 15) is 4.79 Å². The largest absolute Gasteiger partial charge is 0.435 e. The maximum absolute atomic E-state index is 9.75. The minimum absolute atomic E-state index is 0.167. The number of esters is 1. The van der Waals surface area contributed by atoms with E-state index in [1.165, 1.54) is 6.92 Å². The van der Waals surface area contributed by atoms with Crippen LogP contribution in [-0.4, -0.2) is 17.2 Å². The molecule has 0 atom stereocenters. The van der Waals surface area contributed by atoms with E-state index in [-0.39, 0.29) is 12.1 Å². The quantitative estimate of drug-likeness (QED) is 0.444. The average Bonchev–Trinajstić information content (AvgIpc) is 1.62. The molecule has 0 radical (unpaired) electrons. The molecule has 0 aromatic carbocycles. The first-order valence-electron chi connectivity index (χ1n) is 2.97. The zero-order valence-corrected chi connectivity index (χ0v) is 6.63. The minimum atomic E-state index is -0.329. The van der Waals surface area contributed by atoms with Crippen LogP contribution >= 0.6 is 0 Å². The summed E-state index contributed by atoms with van der Waals surface area (Å²) in [5, 5.41) is 8.06. The zero-order chi connectivity index (χ0) is 8.57. The van der Waals surface area contributed by atoms with E-state index in [1.807, 2.05) is 0 Å². The fourth-order valence-corrected chi connectivity index (χ4v) is 0.117. The van der Waals surface area contributed by atoms with Crippen LogP contribution in [0.4, 0.5) is 0 Å². The molecule has 0 aromatic heterocycles. The summed E-state index contributed by atoms with van der Waals surface area (Å²) in [7, 11) is 0. The van der Waals surface area contributed by atoms with Crippen molar-refractivity contribution >= 4 is 5.97 Å². The number of aliphatic hydroxyl groups excluding tert-OH is 1. The standard InChI is InChI=1S/C4H6O2.C3H8O/c1-3-6-4(2)5;1-3(2)4/h3H,1H2,2H3;3-4H,1-2H3.